The highest BCUT2D eigenvalue weighted by molar-refractivity contribution is 8.27. The van der Waals surface area contributed by atoms with E-state index in [1.54, 1.807) is 4.90 Å². The number of hydrogen-bond acceptors (Lipinski definition) is 5. The normalized spacial score (nSPS) is 14.6. The molecule has 0 aliphatic carbocycles. The second kappa shape index (κ2) is 10.7. The van der Waals surface area contributed by atoms with E-state index in [2.05, 4.69) is 13.0 Å². The lowest BCUT2D eigenvalue weighted by Crippen LogP contribution is -2.27. The number of aryl methyl sites for hydroxylation is 2. The predicted molar refractivity (Wildman–Crippen MR) is 156 cm³/mol. The number of thioether (sulfide) groups is 1. The van der Waals surface area contributed by atoms with Crippen LogP contribution in [0.2, 0.25) is 0 Å². The molecule has 1 amide bonds. The van der Waals surface area contributed by atoms with E-state index >= 15 is 0 Å². The topological polar surface area (TPSA) is 47.4 Å². The number of thiocarbonyl (C=S) groups is 1. The van der Waals surface area contributed by atoms with E-state index in [0.29, 0.717) is 15.8 Å². The number of anilines is 1. The van der Waals surface area contributed by atoms with Gasteiger partial charge in [-0.2, -0.15) is 5.10 Å². The highest BCUT2D eigenvalue weighted by Gasteiger charge is 2.33. The van der Waals surface area contributed by atoms with Gasteiger partial charge in [0.25, 0.3) is 5.91 Å². The molecule has 0 radical (unpaired) electrons. The molecule has 37 heavy (non-hydrogen) atoms. The summed E-state index contributed by atoms with van der Waals surface area (Å²) in [5.74, 6) is 0.741. The van der Waals surface area contributed by atoms with Crippen molar-refractivity contribution in [1.82, 2.24) is 9.78 Å². The minimum atomic E-state index is -0.128. The molecule has 5 rings (SSSR count). The van der Waals surface area contributed by atoms with Crippen LogP contribution < -0.4 is 9.64 Å². The monoisotopic (exact) mass is 525 g/mol. The van der Waals surface area contributed by atoms with Crippen molar-refractivity contribution in [2.75, 3.05) is 11.5 Å². The number of para-hydroxylation sites is 1. The van der Waals surface area contributed by atoms with Gasteiger partial charge in [-0.25, -0.2) is 4.68 Å². The fourth-order valence-electron chi connectivity index (χ4n) is 4.13. The lowest BCUT2D eigenvalue weighted by Gasteiger charge is -2.14. The van der Waals surface area contributed by atoms with Crippen LogP contribution in [0.1, 0.15) is 30.0 Å². The molecule has 1 aliphatic rings. The van der Waals surface area contributed by atoms with Crippen LogP contribution >= 0.6 is 24.0 Å². The van der Waals surface area contributed by atoms with Crippen LogP contribution in [0.5, 0.6) is 5.75 Å². The van der Waals surface area contributed by atoms with Gasteiger partial charge in [0.05, 0.1) is 22.9 Å². The van der Waals surface area contributed by atoms with Crippen molar-refractivity contribution < 1.29 is 9.53 Å². The van der Waals surface area contributed by atoms with Crippen LogP contribution in [0.25, 0.3) is 23.0 Å². The minimum absolute atomic E-state index is 0.128. The maximum Gasteiger partial charge on any atom is 0.270 e. The number of amides is 1. The summed E-state index contributed by atoms with van der Waals surface area (Å²) in [4.78, 5) is 15.6. The molecule has 0 N–H and O–H groups in total. The van der Waals surface area contributed by atoms with E-state index in [9.17, 15) is 4.79 Å². The number of carbonyl (C=O) groups excluding carboxylic acids is 1. The molecule has 1 aromatic heterocycles. The SMILES string of the molecule is CCCOc1ccc(-c2nn(-c3ccccc3)cc2/C=C2/SC(=S)N(c3ccc(C)cc3)C2=O)cc1C. The molecule has 1 saturated heterocycles. The first kappa shape index (κ1) is 25.0. The largest absolute Gasteiger partial charge is 0.493 e. The maximum atomic E-state index is 13.4. The van der Waals surface area contributed by atoms with Crippen molar-refractivity contribution in [3.8, 4) is 22.7 Å². The Bertz CT molecular complexity index is 1490. The first-order valence-electron chi connectivity index (χ1n) is 12.2. The average Bonchev–Trinajstić information content (AvgIpc) is 3.45. The first-order chi connectivity index (χ1) is 17.9. The third-order valence-corrected chi connectivity index (χ3v) is 7.35. The van der Waals surface area contributed by atoms with Crippen LogP contribution in [0, 0.1) is 13.8 Å². The summed E-state index contributed by atoms with van der Waals surface area (Å²) in [6.45, 7) is 6.82. The van der Waals surface area contributed by atoms with Crippen LogP contribution in [-0.4, -0.2) is 26.6 Å². The molecule has 1 aliphatic heterocycles. The van der Waals surface area contributed by atoms with Gasteiger partial charge in [-0.15, -0.1) is 0 Å². The zero-order valence-corrected chi connectivity index (χ0v) is 22.6. The van der Waals surface area contributed by atoms with Crippen molar-refractivity contribution in [2.45, 2.75) is 27.2 Å². The van der Waals surface area contributed by atoms with E-state index in [1.165, 1.54) is 11.8 Å². The fourth-order valence-corrected chi connectivity index (χ4v) is 5.42. The standard InChI is InChI=1S/C30H27N3O2S2/c1-4-16-35-26-15-12-22(17-21(26)3)28-23(19-32(31-28)24-8-6-5-7-9-24)18-27-29(34)33(30(36)37-27)25-13-10-20(2)11-14-25/h5-15,17-19H,4,16H2,1-3H3/b27-18+. The minimum Gasteiger partial charge on any atom is -0.493 e. The molecule has 0 unspecified atom stereocenters. The average molecular weight is 526 g/mol. The quantitative estimate of drug-likeness (QED) is 0.186. The summed E-state index contributed by atoms with van der Waals surface area (Å²) in [5.41, 5.74) is 6.46. The van der Waals surface area contributed by atoms with E-state index in [-0.39, 0.29) is 5.91 Å². The van der Waals surface area contributed by atoms with E-state index < -0.39 is 0 Å². The highest BCUT2D eigenvalue weighted by atomic mass is 32.2. The van der Waals surface area contributed by atoms with Crippen molar-refractivity contribution in [3.05, 3.63) is 101 Å². The summed E-state index contributed by atoms with van der Waals surface area (Å²) >= 11 is 6.90. The molecule has 3 aromatic carbocycles. The van der Waals surface area contributed by atoms with Gasteiger partial charge < -0.3 is 4.74 Å². The molecule has 0 saturated carbocycles. The lowest BCUT2D eigenvalue weighted by atomic mass is 10.0. The summed E-state index contributed by atoms with van der Waals surface area (Å²) in [7, 11) is 0. The highest BCUT2D eigenvalue weighted by Crippen LogP contribution is 2.38. The molecular weight excluding hydrogens is 498 g/mol. The summed E-state index contributed by atoms with van der Waals surface area (Å²) < 4.78 is 8.24. The van der Waals surface area contributed by atoms with Gasteiger partial charge in [0, 0.05) is 17.3 Å². The fraction of sp³-hybridized carbons (Fsp3) is 0.167. The molecule has 4 aromatic rings. The Balaban J connectivity index is 1.56. The van der Waals surface area contributed by atoms with Crippen molar-refractivity contribution in [1.29, 1.82) is 0 Å². The van der Waals surface area contributed by atoms with E-state index in [4.69, 9.17) is 22.1 Å². The van der Waals surface area contributed by atoms with E-state index in [0.717, 1.165) is 51.5 Å². The molecule has 0 bridgehead atoms. The van der Waals surface area contributed by atoms with Gasteiger partial charge in [0.2, 0.25) is 0 Å². The van der Waals surface area contributed by atoms with Gasteiger partial charge in [-0.1, -0.05) is 66.8 Å². The predicted octanol–water partition coefficient (Wildman–Crippen LogP) is 7.35. The zero-order valence-electron chi connectivity index (χ0n) is 21.0. The number of aromatic nitrogens is 2. The molecule has 0 atom stereocenters. The Morgan fingerprint density at radius 1 is 1.00 bits per heavy atom. The van der Waals surface area contributed by atoms with Gasteiger partial charge >= 0.3 is 0 Å². The second-order valence-corrected chi connectivity index (χ2v) is 10.6. The summed E-state index contributed by atoms with van der Waals surface area (Å²) in [5, 5.41) is 4.92. The molecule has 186 valence electrons. The molecule has 1 fully saturated rings. The number of rotatable bonds is 7. The molecule has 7 heteroatoms. The molecule has 0 spiro atoms. The van der Waals surface area contributed by atoms with E-state index in [1.807, 2.05) is 97.5 Å². The van der Waals surface area contributed by atoms with Crippen LogP contribution in [0.3, 0.4) is 0 Å². The van der Waals surface area contributed by atoms with Crippen molar-refractivity contribution >= 4 is 46.0 Å². The maximum absolute atomic E-state index is 13.4. The first-order valence-corrected chi connectivity index (χ1v) is 13.4. The van der Waals surface area contributed by atoms with Crippen LogP contribution in [-0.2, 0) is 4.79 Å². The van der Waals surface area contributed by atoms with Gasteiger partial charge in [0.1, 0.15) is 11.4 Å². The zero-order chi connectivity index (χ0) is 25.9. The number of hydrogen-bond donors (Lipinski definition) is 0. The van der Waals surface area contributed by atoms with Gasteiger partial charge in [-0.05, 0) is 74.4 Å². The number of benzene rings is 3. The van der Waals surface area contributed by atoms with Crippen molar-refractivity contribution in [2.24, 2.45) is 0 Å². The molecule has 2 heterocycles. The Morgan fingerprint density at radius 2 is 1.76 bits per heavy atom. The van der Waals surface area contributed by atoms with Gasteiger partial charge in [0.15, 0.2) is 4.32 Å². The summed E-state index contributed by atoms with van der Waals surface area (Å²) in [6, 6.07) is 23.8. The van der Waals surface area contributed by atoms with Crippen LogP contribution in [0.15, 0.2) is 83.9 Å². The Morgan fingerprint density at radius 3 is 2.46 bits per heavy atom. The third kappa shape index (κ3) is 5.24. The second-order valence-electron chi connectivity index (χ2n) is 8.89. The molecule has 5 nitrogen and oxygen atoms in total. The summed E-state index contributed by atoms with van der Waals surface area (Å²) in [6.07, 6.45) is 4.81. The van der Waals surface area contributed by atoms with Crippen molar-refractivity contribution in [3.63, 3.8) is 0 Å². The van der Waals surface area contributed by atoms with Gasteiger partial charge in [-0.3, -0.25) is 9.69 Å². The smallest absolute Gasteiger partial charge is 0.270 e. The Kier molecular flexibility index (Phi) is 7.26. The number of ether oxygens (including phenoxy) is 1. The number of carbonyl (C=O) groups is 1. The third-order valence-electron chi connectivity index (χ3n) is 6.05. The lowest BCUT2D eigenvalue weighted by molar-refractivity contribution is -0.113. The number of nitrogens with zero attached hydrogens (tertiary/aromatic N) is 3. The van der Waals surface area contributed by atoms with Crippen LogP contribution in [0.4, 0.5) is 5.69 Å². The molecular formula is C30H27N3O2S2. The Labute approximate surface area is 226 Å². The Hall–Kier alpha value is -3.68.